The SMILES string of the molecule is CCNCc1cnc(C#N)c(Br)c1. The van der Waals surface area contributed by atoms with Gasteiger partial charge in [0.2, 0.25) is 0 Å². The summed E-state index contributed by atoms with van der Waals surface area (Å²) in [5.74, 6) is 0. The molecule has 0 aliphatic heterocycles. The average molecular weight is 240 g/mol. The maximum absolute atomic E-state index is 8.63. The lowest BCUT2D eigenvalue weighted by Gasteiger charge is -2.02. The average Bonchev–Trinajstić information content (AvgIpc) is 2.15. The van der Waals surface area contributed by atoms with E-state index >= 15 is 0 Å². The Balaban J connectivity index is 2.79. The highest BCUT2D eigenvalue weighted by atomic mass is 79.9. The number of nitriles is 1. The molecule has 1 rings (SSSR count). The van der Waals surface area contributed by atoms with Crippen LogP contribution in [0.4, 0.5) is 0 Å². The molecule has 1 aromatic rings. The van der Waals surface area contributed by atoms with E-state index in [2.05, 4.69) is 26.2 Å². The van der Waals surface area contributed by atoms with Crippen molar-refractivity contribution in [2.24, 2.45) is 0 Å². The standard InChI is InChI=1S/C9H10BrN3/c1-2-12-5-7-3-8(10)9(4-11)13-6-7/h3,6,12H,2,5H2,1H3. The van der Waals surface area contributed by atoms with Crippen LogP contribution in [-0.4, -0.2) is 11.5 Å². The second kappa shape index (κ2) is 4.95. The van der Waals surface area contributed by atoms with E-state index in [-0.39, 0.29) is 0 Å². The Bertz CT molecular complexity index is 330. The fraction of sp³-hybridized carbons (Fsp3) is 0.333. The van der Waals surface area contributed by atoms with Gasteiger partial charge in [-0.1, -0.05) is 6.92 Å². The molecule has 1 heterocycles. The number of nitrogens with one attached hydrogen (secondary N) is 1. The van der Waals surface area contributed by atoms with Crippen LogP contribution in [0.15, 0.2) is 16.7 Å². The zero-order valence-electron chi connectivity index (χ0n) is 7.34. The van der Waals surface area contributed by atoms with Crippen molar-refractivity contribution in [2.45, 2.75) is 13.5 Å². The molecule has 0 fully saturated rings. The number of nitrogens with zero attached hydrogens (tertiary/aromatic N) is 2. The van der Waals surface area contributed by atoms with Crippen LogP contribution >= 0.6 is 15.9 Å². The van der Waals surface area contributed by atoms with Crippen LogP contribution in [-0.2, 0) is 6.54 Å². The van der Waals surface area contributed by atoms with Crippen molar-refractivity contribution in [3.63, 3.8) is 0 Å². The summed E-state index contributed by atoms with van der Waals surface area (Å²) in [7, 11) is 0. The highest BCUT2D eigenvalue weighted by molar-refractivity contribution is 9.10. The van der Waals surface area contributed by atoms with Gasteiger partial charge >= 0.3 is 0 Å². The molecule has 13 heavy (non-hydrogen) atoms. The molecule has 1 N–H and O–H groups in total. The Morgan fingerprint density at radius 1 is 1.69 bits per heavy atom. The van der Waals surface area contributed by atoms with Gasteiger partial charge in [0, 0.05) is 12.7 Å². The molecule has 0 amide bonds. The van der Waals surface area contributed by atoms with Crippen molar-refractivity contribution in [1.82, 2.24) is 10.3 Å². The van der Waals surface area contributed by atoms with E-state index in [0.29, 0.717) is 5.69 Å². The zero-order valence-corrected chi connectivity index (χ0v) is 8.93. The van der Waals surface area contributed by atoms with Crippen molar-refractivity contribution < 1.29 is 0 Å². The van der Waals surface area contributed by atoms with Crippen molar-refractivity contribution in [1.29, 1.82) is 5.26 Å². The zero-order chi connectivity index (χ0) is 9.68. The molecule has 0 aliphatic carbocycles. The normalized spacial score (nSPS) is 9.62. The Morgan fingerprint density at radius 2 is 2.46 bits per heavy atom. The first-order chi connectivity index (χ1) is 6.27. The molecule has 0 aliphatic rings. The van der Waals surface area contributed by atoms with Gasteiger partial charge in [-0.15, -0.1) is 0 Å². The fourth-order valence-corrected chi connectivity index (χ4v) is 1.41. The monoisotopic (exact) mass is 239 g/mol. The van der Waals surface area contributed by atoms with Gasteiger partial charge in [-0.05, 0) is 34.1 Å². The van der Waals surface area contributed by atoms with Gasteiger partial charge in [-0.2, -0.15) is 5.26 Å². The predicted molar refractivity (Wildman–Crippen MR) is 54.0 cm³/mol. The van der Waals surface area contributed by atoms with Gasteiger partial charge in [-0.3, -0.25) is 0 Å². The lowest BCUT2D eigenvalue weighted by molar-refractivity contribution is 0.724. The number of aromatic nitrogens is 1. The molecule has 0 spiro atoms. The summed E-state index contributed by atoms with van der Waals surface area (Å²) < 4.78 is 0.755. The van der Waals surface area contributed by atoms with E-state index in [1.54, 1.807) is 6.20 Å². The molecular weight excluding hydrogens is 230 g/mol. The largest absolute Gasteiger partial charge is 0.313 e. The molecular formula is C9H10BrN3. The van der Waals surface area contributed by atoms with Crippen LogP contribution in [0.3, 0.4) is 0 Å². The fourth-order valence-electron chi connectivity index (χ4n) is 0.926. The van der Waals surface area contributed by atoms with Crippen LogP contribution in [0.1, 0.15) is 18.2 Å². The Hall–Kier alpha value is -0.920. The molecule has 0 saturated carbocycles. The lowest BCUT2D eigenvalue weighted by Crippen LogP contribution is -2.12. The van der Waals surface area contributed by atoms with Crippen molar-refractivity contribution in [3.05, 3.63) is 28.0 Å². The molecule has 0 atom stereocenters. The quantitative estimate of drug-likeness (QED) is 0.876. The summed E-state index contributed by atoms with van der Waals surface area (Å²) in [5, 5.41) is 11.8. The minimum absolute atomic E-state index is 0.431. The number of hydrogen-bond acceptors (Lipinski definition) is 3. The van der Waals surface area contributed by atoms with Crippen LogP contribution in [0.25, 0.3) is 0 Å². The minimum Gasteiger partial charge on any atom is -0.313 e. The van der Waals surface area contributed by atoms with Gasteiger partial charge < -0.3 is 5.32 Å². The highest BCUT2D eigenvalue weighted by Crippen LogP contribution is 2.14. The van der Waals surface area contributed by atoms with E-state index in [4.69, 9.17) is 5.26 Å². The number of rotatable bonds is 3. The predicted octanol–water partition coefficient (Wildman–Crippen LogP) is 1.83. The summed E-state index contributed by atoms with van der Waals surface area (Å²) in [6.45, 7) is 3.76. The van der Waals surface area contributed by atoms with E-state index in [1.165, 1.54) is 0 Å². The summed E-state index contributed by atoms with van der Waals surface area (Å²) >= 11 is 3.29. The molecule has 0 radical (unpaired) electrons. The molecule has 3 nitrogen and oxygen atoms in total. The van der Waals surface area contributed by atoms with Crippen molar-refractivity contribution in [3.8, 4) is 6.07 Å². The number of pyridine rings is 1. The Labute approximate surface area is 85.9 Å². The molecule has 4 heteroatoms. The lowest BCUT2D eigenvalue weighted by atomic mass is 10.2. The van der Waals surface area contributed by atoms with Gasteiger partial charge in [0.1, 0.15) is 6.07 Å². The van der Waals surface area contributed by atoms with E-state index in [1.807, 2.05) is 19.1 Å². The van der Waals surface area contributed by atoms with Crippen molar-refractivity contribution >= 4 is 15.9 Å². The highest BCUT2D eigenvalue weighted by Gasteiger charge is 2.00. The van der Waals surface area contributed by atoms with Crippen LogP contribution in [0, 0.1) is 11.3 Å². The Morgan fingerprint density at radius 3 is 3.00 bits per heavy atom. The molecule has 0 aromatic carbocycles. The maximum atomic E-state index is 8.63. The minimum atomic E-state index is 0.431. The first-order valence-corrected chi connectivity index (χ1v) is 4.82. The smallest absolute Gasteiger partial charge is 0.154 e. The first-order valence-electron chi connectivity index (χ1n) is 4.03. The molecule has 0 bridgehead atoms. The van der Waals surface area contributed by atoms with Gasteiger partial charge in [0.05, 0.1) is 4.47 Å². The topological polar surface area (TPSA) is 48.7 Å². The van der Waals surface area contributed by atoms with Gasteiger partial charge in [-0.25, -0.2) is 4.98 Å². The van der Waals surface area contributed by atoms with E-state index < -0.39 is 0 Å². The van der Waals surface area contributed by atoms with Gasteiger partial charge in [0.15, 0.2) is 5.69 Å². The maximum Gasteiger partial charge on any atom is 0.154 e. The van der Waals surface area contributed by atoms with E-state index in [9.17, 15) is 0 Å². The van der Waals surface area contributed by atoms with Crippen LogP contribution in [0.5, 0.6) is 0 Å². The second-order valence-electron chi connectivity index (χ2n) is 2.57. The van der Waals surface area contributed by atoms with Crippen molar-refractivity contribution in [2.75, 3.05) is 6.54 Å². The first kappa shape index (κ1) is 10.2. The summed E-state index contributed by atoms with van der Waals surface area (Å²) in [6.07, 6.45) is 1.71. The summed E-state index contributed by atoms with van der Waals surface area (Å²) in [4.78, 5) is 4.00. The van der Waals surface area contributed by atoms with Crippen LogP contribution < -0.4 is 5.32 Å². The second-order valence-corrected chi connectivity index (χ2v) is 3.42. The van der Waals surface area contributed by atoms with Gasteiger partial charge in [0.25, 0.3) is 0 Å². The third-order valence-electron chi connectivity index (χ3n) is 1.58. The number of halogens is 1. The molecule has 0 unspecified atom stereocenters. The number of hydrogen-bond donors (Lipinski definition) is 1. The van der Waals surface area contributed by atoms with Crippen LogP contribution in [0.2, 0.25) is 0 Å². The van der Waals surface area contributed by atoms with E-state index in [0.717, 1.165) is 23.1 Å². The summed E-state index contributed by atoms with van der Waals surface area (Å²) in [6, 6.07) is 3.91. The third kappa shape index (κ3) is 2.79. The molecule has 0 saturated heterocycles. The molecule has 1 aromatic heterocycles. The Kier molecular flexibility index (Phi) is 3.87. The molecule has 68 valence electrons. The third-order valence-corrected chi connectivity index (χ3v) is 2.19. The summed E-state index contributed by atoms with van der Waals surface area (Å²) in [5.41, 5.74) is 1.51.